The number of esters is 1. The Labute approximate surface area is 180 Å². The zero-order valence-electron chi connectivity index (χ0n) is 17.6. The maximum absolute atomic E-state index is 12.2. The molecular weight excluding hydrogens is 400 g/mol. The molecule has 8 nitrogen and oxygen atoms in total. The van der Waals surface area contributed by atoms with Gasteiger partial charge in [-0.15, -0.1) is 0 Å². The van der Waals surface area contributed by atoms with Gasteiger partial charge in [0.15, 0.2) is 6.61 Å². The minimum Gasteiger partial charge on any atom is -0.497 e. The van der Waals surface area contributed by atoms with Gasteiger partial charge in [0.1, 0.15) is 23.9 Å². The standard InChI is InChI=1S/C23H24N2O6/c1-15-21(16(2)31-25-15)13-29-19-9-7-18(8-10-19)23(27)30-14-22(26)24-12-17-5-4-6-20(11-17)28-3/h4-11H,12-14H2,1-3H3,(H,24,26). The highest BCUT2D eigenvalue weighted by Gasteiger charge is 2.12. The van der Waals surface area contributed by atoms with Crippen molar-refractivity contribution in [2.24, 2.45) is 0 Å². The Kier molecular flexibility index (Phi) is 7.26. The number of carbonyl (C=O) groups is 2. The Hall–Kier alpha value is -3.81. The summed E-state index contributed by atoms with van der Waals surface area (Å²) in [5, 5.41) is 6.58. The lowest BCUT2D eigenvalue weighted by molar-refractivity contribution is -0.124. The molecule has 0 unspecified atom stereocenters. The van der Waals surface area contributed by atoms with E-state index < -0.39 is 11.9 Å². The predicted molar refractivity (Wildman–Crippen MR) is 112 cm³/mol. The SMILES string of the molecule is COc1cccc(CNC(=O)COC(=O)c2ccc(OCc3c(C)noc3C)cc2)c1. The maximum Gasteiger partial charge on any atom is 0.338 e. The van der Waals surface area contributed by atoms with Crippen molar-refractivity contribution in [1.29, 1.82) is 0 Å². The van der Waals surface area contributed by atoms with E-state index in [4.69, 9.17) is 18.7 Å². The zero-order chi connectivity index (χ0) is 22.2. The van der Waals surface area contributed by atoms with Gasteiger partial charge in [-0.05, 0) is 55.8 Å². The number of benzene rings is 2. The summed E-state index contributed by atoms with van der Waals surface area (Å²) >= 11 is 0. The van der Waals surface area contributed by atoms with Crippen molar-refractivity contribution in [3.05, 3.63) is 76.7 Å². The molecule has 3 rings (SSSR count). The lowest BCUT2D eigenvalue weighted by atomic mass is 10.2. The molecular formula is C23H24N2O6. The zero-order valence-corrected chi connectivity index (χ0v) is 17.6. The van der Waals surface area contributed by atoms with Crippen LogP contribution in [-0.4, -0.2) is 30.7 Å². The molecule has 1 amide bonds. The van der Waals surface area contributed by atoms with Gasteiger partial charge in [-0.2, -0.15) is 0 Å². The molecule has 162 valence electrons. The molecule has 3 aromatic rings. The van der Waals surface area contributed by atoms with Crippen LogP contribution >= 0.6 is 0 Å². The Bertz CT molecular complexity index is 1020. The summed E-state index contributed by atoms with van der Waals surface area (Å²) < 4.78 is 21.0. The average Bonchev–Trinajstić information content (AvgIpc) is 3.12. The molecule has 1 N–H and O–H groups in total. The molecule has 1 heterocycles. The van der Waals surface area contributed by atoms with Gasteiger partial charge < -0.3 is 24.1 Å². The maximum atomic E-state index is 12.2. The molecule has 0 radical (unpaired) electrons. The number of aromatic nitrogens is 1. The number of hydrogen-bond donors (Lipinski definition) is 1. The van der Waals surface area contributed by atoms with Gasteiger partial charge in [-0.3, -0.25) is 4.79 Å². The average molecular weight is 424 g/mol. The van der Waals surface area contributed by atoms with Crippen LogP contribution < -0.4 is 14.8 Å². The molecule has 0 saturated carbocycles. The number of rotatable bonds is 9. The predicted octanol–water partition coefficient (Wildman–Crippen LogP) is 3.35. The summed E-state index contributed by atoms with van der Waals surface area (Å²) in [6, 6.07) is 13.8. The fraction of sp³-hybridized carbons (Fsp3) is 0.261. The van der Waals surface area contributed by atoms with Gasteiger partial charge in [0.2, 0.25) is 0 Å². The van der Waals surface area contributed by atoms with Crippen LogP contribution in [0.1, 0.15) is 32.9 Å². The number of aryl methyl sites for hydroxylation is 2. The van der Waals surface area contributed by atoms with Gasteiger partial charge in [0, 0.05) is 6.54 Å². The first kappa shape index (κ1) is 21.9. The van der Waals surface area contributed by atoms with Gasteiger partial charge in [-0.1, -0.05) is 17.3 Å². The third kappa shape index (κ3) is 6.08. The molecule has 0 atom stereocenters. The molecule has 0 aliphatic heterocycles. The van der Waals surface area contributed by atoms with Crippen LogP contribution in [0.3, 0.4) is 0 Å². The van der Waals surface area contributed by atoms with Gasteiger partial charge in [0.25, 0.3) is 5.91 Å². The molecule has 0 fully saturated rings. The van der Waals surface area contributed by atoms with Crippen LogP contribution in [0.4, 0.5) is 0 Å². The summed E-state index contributed by atoms with van der Waals surface area (Å²) in [4.78, 5) is 24.1. The molecule has 8 heteroatoms. The highest BCUT2D eigenvalue weighted by molar-refractivity contribution is 5.91. The van der Waals surface area contributed by atoms with Crippen LogP contribution in [0.2, 0.25) is 0 Å². The van der Waals surface area contributed by atoms with Crippen LogP contribution in [0.15, 0.2) is 53.1 Å². The number of methoxy groups -OCH3 is 1. The number of ether oxygens (including phenoxy) is 3. The Morgan fingerprint density at radius 2 is 1.84 bits per heavy atom. The van der Waals surface area contributed by atoms with E-state index in [1.54, 1.807) is 31.4 Å². The molecule has 2 aromatic carbocycles. The topological polar surface area (TPSA) is 99.9 Å². The number of nitrogens with zero attached hydrogens (tertiary/aromatic N) is 1. The molecule has 0 bridgehead atoms. The van der Waals surface area contributed by atoms with E-state index in [0.29, 0.717) is 36.0 Å². The van der Waals surface area contributed by atoms with Crippen molar-refractivity contribution in [2.45, 2.75) is 27.0 Å². The van der Waals surface area contributed by atoms with E-state index in [1.807, 2.05) is 38.1 Å². The van der Waals surface area contributed by atoms with Gasteiger partial charge in [0.05, 0.1) is 23.9 Å². The van der Waals surface area contributed by atoms with Crippen molar-refractivity contribution < 1.29 is 28.3 Å². The number of amides is 1. The Morgan fingerprint density at radius 3 is 2.52 bits per heavy atom. The van der Waals surface area contributed by atoms with Crippen LogP contribution in [0.25, 0.3) is 0 Å². The van der Waals surface area contributed by atoms with E-state index >= 15 is 0 Å². The van der Waals surface area contributed by atoms with E-state index in [9.17, 15) is 9.59 Å². The minimum atomic E-state index is -0.589. The second kappa shape index (κ2) is 10.3. The van der Waals surface area contributed by atoms with Crippen LogP contribution in [0.5, 0.6) is 11.5 Å². The third-order valence-corrected chi connectivity index (χ3v) is 4.61. The fourth-order valence-corrected chi connectivity index (χ4v) is 2.80. The van der Waals surface area contributed by atoms with E-state index in [0.717, 1.165) is 16.8 Å². The van der Waals surface area contributed by atoms with Gasteiger partial charge in [-0.25, -0.2) is 4.79 Å². The molecule has 0 aliphatic carbocycles. The monoisotopic (exact) mass is 424 g/mol. The van der Waals surface area contributed by atoms with Crippen molar-refractivity contribution in [3.63, 3.8) is 0 Å². The number of hydrogen-bond acceptors (Lipinski definition) is 7. The van der Waals surface area contributed by atoms with E-state index in [2.05, 4.69) is 10.5 Å². The Morgan fingerprint density at radius 1 is 1.06 bits per heavy atom. The molecule has 0 spiro atoms. The highest BCUT2D eigenvalue weighted by atomic mass is 16.5. The summed E-state index contributed by atoms with van der Waals surface area (Å²) in [6.45, 7) is 3.93. The van der Waals surface area contributed by atoms with Crippen molar-refractivity contribution >= 4 is 11.9 Å². The van der Waals surface area contributed by atoms with Gasteiger partial charge >= 0.3 is 5.97 Å². The minimum absolute atomic E-state index is 0.310. The van der Waals surface area contributed by atoms with Crippen LogP contribution in [-0.2, 0) is 22.7 Å². The van der Waals surface area contributed by atoms with Crippen LogP contribution in [0, 0.1) is 13.8 Å². The van der Waals surface area contributed by atoms with Crippen molar-refractivity contribution in [1.82, 2.24) is 10.5 Å². The van der Waals surface area contributed by atoms with E-state index in [1.165, 1.54) is 0 Å². The van der Waals surface area contributed by atoms with Crippen molar-refractivity contribution in [3.8, 4) is 11.5 Å². The highest BCUT2D eigenvalue weighted by Crippen LogP contribution is 2.18. The number of carbonyl (C=O) groups excluding carboxylic acids is 2. The Balaban J connectivity index is 1.44. The molecule has 31 heavy (non-hydrogen) atoms. The molecule has 0 aliphatic rings. The summed E-state index contributed by atoms with van der Waals surface area (Å²) in [7, 11) is 1.58. The summed E-state index contributed by atoms with van der Waals surface area (Å²) in [5.41, 5.74) is 2.88. The normalized spacial score (nSPS) is 10.4. The second-order valence-electron chi connectivity index (χ2n) is 6.82. The first-order valence-electron chi connectivity index (χ1n) is 9.67. The largest absolute Gasteiger partial charge is 0.497 e. The quantitative estimate of drug-likeness (QED) is 0.526. The molecule has 0 saturated heterocycles. The lowest BCUT2D eigenvalue weighted by Crippen LogP contribution is -2.28. The lowest BCUT2D eigenvalue weighted by Gasteiger charge is -2.09. The smallest absolute Gasteiger partial charge is 0.338 e. The summed E-state index contributed by atoms with van der Waals surface area (Å²) in [6.07, 6.45) is 0. The first-order valence-corrected chi connectivity index (χ1v) is 9.67. The molecule has 1 aromatic heterocycles. The van der Waals surface area contributed by atoms with E-state index in [-0.39, 0.29) is 6.61 Å². The summed E-state index contributed by atoms with van der Waals surface area (Å²) in [5.74, 6) is 1.02. The fourth-order valence-electron chi connectivity index (χ4n) is 2.80. The number of nitrogens with one attached hydrogen (secondary N) is 1. The first-order chi connectivity index (χ1) is 15.0. The van der Waals surface area contributed by atoms with Crippen molar-refractivity contribution in [2.75, 3.05) is 13.7 Å². The second-order valence-corrected chi connectivity index (χ2v) is 6.82. The third-order valence-electron chi connectivity index (χ3n) is 4.61.